The Balaban J connectivity index is 0.00000423. The Hall–Kier alpha value is -3.58. The molecule has 13 heteroatoms. The number of nitrogens with one attached hydrogen (secondary N) is 2. The van der Waals surface area contributed by atoms with E-state index in [2.05, 4.69) is 10.3 Å². The zero-order chi connectivity index (χ0) is 29.8. The Morgan fingerprint density at radius 2 is 1.79 bits per heavy atom. The van der Waals surface area contributed by atoms with Gasteiger partial charge in [-0.1, -0.05) is 43.3 Å². The van der Waals surface area contributed by atoms with E-state index in [1.807, 2.05) is 54.8 Å². The number of para-hydroxylation sites is 2. The zero-order valence-corrected chi connectivity index (χ0v) is 25.5. The lowest BCUT2D eigenvalue weighted by atomic mass is 9.87. The van der Waals surface area contributed by atoms with E-state index in [1.54, 1.807) is 18.7 Å². The van der Waals surface area contributed by atoms with Gasteiger partial charge in [-0.2, -0.15) is 11.8 Å². The largest absolute Gasteiger partial charge is 0.458 e. The maximum absolute atomic E-state index is 13.7. The monoisotopic (exact) mass is 630 g/mol. The van der Waals surface area contributed by atoms with Crippen molar-refractivity contribution in [3.8, 4) is 11.5 Å². The smallest absolute Gasteiger partial charge is 0.330 e. The molecule has 0 radical (unpaired) electrons. The summed E-state index contributed by atoms with van der Waals surface area (Å²) in [5.74, 6) is 0.414. The van der Waals surface area contributed by atoms with Gasteiger partial charge in [0, 0.05) is 35.9 Å². The zero-order valence-electron chi connectivity index (χ0n) is 23.8. The highest BCUT2D eigenvalue weighted by Crippen LogP contribution is 2.44. The fourth-order valence-corrected chi connectivity index (χ4v) is 5.76. The predicted molar refractivity (Wildman–Crippen MR) is 165 cm³/mol. The van der Waals surface area contributed by atoms with Gasteiger partial charge in [0.2, 0.25) is 5.91 Å². The van der Waals surface area contributed by atoms with Crippen LogP contribution in [0.25, 0.3) is 0 Å². The minimum absolute atomic E-state index is 0. The van der Waals surface area contributed by atoms with Crippen LogP contribution in [0.5, 0.6) is 11.5 Å². The van der Waals surface area contributed by atoms with E-state index in [0.717, 1.165) is 11.1 Å². The van der Waals surface area contributed by atoms with E-state index in [9.17, 15) is 19.2 Å². The van der Waals surface area contributed by atoms with Gasteiger partial charge in [0.25, 0.3) is 5.56 Å². The van der Waals surface area contributed by atoms with Crippen molar-refractivity contribution in [1.29, 1.82) is 0 Å². The molecule has 1 amide bonds. The quantitative estimate of drug-likeness (QED) is 0.287. The second-order valence-corrected chi connectivity index (χ2v) is 11.2. The SMILES string of the molecule is CCc1cn([C@@H]2CC(OC(=O)[C@@H](N)CCSC)[C@H](CNC(=O)C3c4ccccc4Oc4ccccc43)O2)c(=O)[nH]c1=O.Cl. The number of aromatic nitrogens is 2. The average molecular weight is 631 g/mol. The molecule has 3 aromatic rings. The summed E-state index contributed by atoms with van der Waals surface area (Å²) < 4.78 is 19.3. The van der Waals surface area contributed by atoms with Crippen LogP contribution < -0.4 is 27.0 Å². The van der Waals surface area contributed by atoms with Gasteiger partial charge in [0.1, 0.15) is 36.0 Å². The summed E-state index contributed by atoms with van der Waals surface area (Å²) in [5, 5.41) is 2.97. The van der Waals surface area contributed by atoms with Crippen LogP contribution >= 0.6 is 24.2 Å². The number of H-pyrrole nitrogens is 1. The van der Waals surface area contributed by atoms with Crippen LogP contribution in [0.3, 0.4) is 0 Å². The van der Waals surface area contributed by atoms with Crippen molar-refractivity contribution >= 4 is 36.0 Å². The van der Waals surface area contributed by atoms with Crippen LogP contribution in [-0.2, 0) is 25.5 Å². The number of carbonyl (C=O) groups excluding carboxylic acids is 2. The molecule has 2 aliphatic heterocycles. The van der Waals surface area contributed by atoms with Crippen LogP contribution in [-0.4, -0.2) is 58.2 Å². The third kappa shape index (κ3) is 6.98. The van der Waals surface area contributed by atoms with E-state index in [1.165, 1.54) is 10.8 Å². The summed E-state index contributed by atoms with van der Waals surface area (Å²) in [4.78, 5) is 53.7. The molecule has 1 saturated heterocycles. The molecule has 0 spiro atoms. The van der Waals surface area contributed by atoms with Crippen LogP contribution in [0, 0.1) is 0 Å². The van der Waals surface area contributed by atoms with Crippen molar-refractivity contribution in [2.75, 3.05) is 18.6 Å². The molecule has 11 nitrogen and oxygen atoms in total. The van der Waals surface area contributed by atoms with Crippen LogP contribution in [0.2, 0.25) is 0 Å². The number of nitrogens with two attached hydrogens (primary N) is 1. The molecule has 43 heavy (non-hydrogen) atoms. The summed E-state index contributed by atoms with van der Waals surface area (Å²) in [6, 6.07) is 13.9. The number of halogens is 1. The highest BCUT2D eigenvalue weighted by Gasteiger charge is 2.41. The second-order valence-electron chi connectivity index (χ2n) is 10.3. The number of benzene rings is 2. The van der Waals surface area contributed by atoms with Crippen molar-refractivity contribution in [1.82, 2.24) is 14.9 Å². The number of esters is 1. The van der Waals surface area contributed by atoms with Crippen LogP contribution in [0.1, 0.15) is 48.6 Å². The maximum atomic E-state index is 13.7. The molecule has 4 atom stereocenters. The van der Waals surface area contributed by atoms with Gasteiger partial charge in [-0.25, -0.2) is 4.79 Å². The molecular formula is C30H35ClN4O7S. The van der Waals surface area contributed by atoms with Gasteiger partial charge in [0.15, 0.2) is 0 Å². The number of hydrogen-bond donors (Lipinski definition) is 3. The normalized spacial score (nSPS) is 19.7. The first-order valence-corrected chi connectivity index (χ1v) is 15.3. The summed E-state index contributed by atoms with van der Waals surface area (Å²) in [5.41, 5.74) is 6.84. The van der Waals surface area contributed by atoms with E-state index in [0.29, 0.717) is 35.7 Å². The topological polar surface area (TPSA) is 155 Å². The first-order chi connectivity index (χ1) is 20.3. The number of amides is 1. The van der Waals surface area contributed by atoms with E-state index < -0.39 is 47.6 Å². The second kappa shape index (κ2) is 14.3. The summed E-state index contributed by atoms with van der Waals surface area (Å²) in [7, 11) is 0. The minimum Gasteiger partial charge on any atom is -0.458 e. The highest BCUT2D eigenvalue weighted by atomic mass is 35.5. The summed E-state index contributed by atoms with van der Waals surface area (Å²) >= 11 is 1.57. The van der Waals surface area contributed by atoms with Crippen molar-refractivity contribution < 1.29 is 23.8 Å². The standard InChI is InChI=1S/C30H34N4O7S.ClH/c1-3-17-16-34(30(38)33-27(17)35)25-14-23(41-29(37)20(31)12-13-42-2)24(40-25)15-32-28(36)26-18-8-4-6-10-21(18)39-22-11-7-5-9-19(22)26;/h4-11,16,20,23-26H,3,12-15,31H2,1-2H3,(H,32,36)(H,33,35,38);1H/t20-,23?,24-,25-;/m0./s1. The van der Waals surface area contributed by atoms with Gasteiger partial charge < -0.3 is 25.3 Å². The molecule has 230 valence electrons. The van der Waals surface area contributed by atoms with Crippen molar-refractivity contribution in [2.24, 2.45) is 5.73 Å². The number of carbonyl (C=O) groups is 2. The molecule has 1 aromatic heterocycles. The molecule has 0 bridgehead atoms. The molecular weight excluding hydrogens is 596 g/mol. The summed E-state index contributed by atoms with van der Waals surface area (Å²) in [6.45, 7) is 1.81. The fraction of sp³-hybridized carbons (Fsp3) is 0.400. The third-order valence-electron chi connectivity index (χ3n) is 7.54. The molecule has 2 aliphatic rings. The molecule has 4 N–H and O–H groups in total. The Morgan fingerprint density at radius 1 is 1.14 bits per heavy atom. The van der Waals surface area contributed by atoms with E-state index >= 15 is 0 Å². The molecule has 0 aliphatic carbocycles. The number of hydrogen-bond acceptors (Lipinski definition) is 9. The summed E-state index contributed by atoms with van der Waals surface area (Å²) in [6.07, 6.45) is 2.00. The number of aromatic amines is 1. The predicted octanol–water partition coefficient (Wildman–Crippen LogP) is 2.85. The molecule has 3 heterocycles. The fourth-order valence-electron chi connectivity index (χ4n) is 5.27. The minimum atomic E-state index is -0.827. The highest BCUT2D eigenvalue weighted by molar-refractivity contribution is 7.98. The van der Waals surface area contributed by atoms with Gasteiger partial charge in [-0.3, -0.25) is 23.9 Å². The van der Waals surface area contributed by atoms with Crippen LogP contribution in [0.4, 0.5) is 0 Å². The lowest BCUT2D eigenvalue weighted by Gasteiger charge is -2.28. The Morgan fingerprint density at radius 3 is 2.42 bits per heavy atom. The molecule has 1 fully saturated rings. The number of fused-ring (bicyclic) bond motifs is 2. The first kappa shape index (κ1) is 32.3. The van der Waals surface area contributed by atoms with E-state index in [-0.39, 0.29) is 31.3 Å². The first-order valence-electron chi connectivity index (χ1n) is 13.9. The third-order valence-corrected chi connectivity index (χ3v) is 8.18. The van der Waals surface area contributed by atoms with Gasteiger partial charge >= 0.3 is 11.7 Å². The maximum Gasteiger partial charge on any atom is 0.330 e. The number of nitrogens with zero attached hydrogens (tertiary/aromatic N) is 1. The number of ether oxygens (including phenoxy) is 3. The lowest BCUT2D eigenvalue weighted by molar-refractivity contribution is -0.153. The molecule has 2 aromatic carbocycles. The van der Waals surface area contributed by atoms with Crippen molar-refractivity contribution in [3.63, 3.8) is 0 Å². The average Bonchev–Trinajstić information content (AvgIpc) is 3.39. The van der Waals surface area contributed by atoms with Gasteiger partial charge in [-0.15, -0.1) is 12.4 Å². The number of thioether (sulfide) groups is 1. The van der Waals surface area contributed by atoms with Crippen molar-refractivity contribution in [2.45, 2.75) is 56.6 Å². The van der Waals surface area contributed by atoms with Crippen LogP contribution in [0.15, 0.2) is 64.3 Å². The number of aryl methyl sites for hydroxylation is 1. The van der Waals surface area contributed by atoms with Gasteiger partial charge in [0.05, 0.1) is 5.92 Å². The Kier molecular flexibility index (Phi) is 10.7. The lowest BCUT2D eigenvalue weighted by Crippen LogP contribution is -2.43. The Bertz CT molecular complexity index is 1530. The Labute approximate surface area is 258 Å². The molecule has 1 unspecified atom stereocenters. The molecule has 0 saturated carbocycles. The molecule has 5 rings (SSSR count). The van der Waals surface area contributed by atoms with Crippen molar-refractivity contribution in [3.05, 3.63) is 92.3 Å². The van der Waals surface area contributed by atoms with E-state index in [4.69, 9.17) is 19.9 Å². The van der Waals surface area contributed by atoms with Gasteiger partial charge in [-0.05, 0) is 37.0 Å². The number of rotatable bonds is 10.